The lowest BCUT2D eigenvalue weighted by Crippen LogP contribution is -2.30. The van der Waals surface area contributed by atoms with Crippen LogP contribution in [0.1, 0.15) is 316 Å². The van der Waals surface area contributed by atoms with Crippen molar-refractivity contribution in [3.8, 4) is 0 Å². The highest BCUT2D eigenvalue weighted by atomic mass is 31.2. The predicted octanol–water partition coefficient (Wildman–Crippen LogP) is 22.5. The summed E-state index contributed by atoms with van der Waals surface area (Å²) < 4.78 is 61.1. The van der Waals surface area contributed by atoms with Crippen LogP contribution in [0.3, 0.4) is 0 Å². The maximum absolute atomic E-state index is 13.0. The number of hydrogen-bond acceptors (Lipinski definition) is 14. The van der Waals surface area contributed by atoms with E-state index in [0.717, 1.165) is 141 Å². The van der Waals surface area contributed by atoms with Gasteiger partial charge in [0.15, 0.2) is 6.10 Å². The zero-order valence-electron chi connectivity index (χ0n) is 62.1. The average molecular weight is 1430 g/mol. The van der Waals surface area contributed by atoms with Crippen LogP contribution in [0.15, 0.2) is 122 Å². The monoisotopic (exact) mass is 1430 g/mol. The highest BCUT2D eigenvalue weighted by Gasteiger charge is 2.29. The van der Waals surface area contributed by atoms with Crippen LogP contribution in [0, 0.1) is 0 Å². The number of ether oxygens (including phenoxy) is 3. The van der Waals surface area contributed by atoms with Crippen LogP contribution in [0.4, 0.5) is 0 Å². The molecule has 18 heteroatoms. The number of carbonyl (C=O) groups is 3. The number of unbranched alkanes of at least 4 members (excludes halogenated alkanes) is 30. The lowest BCUT2D eigenvalue weighted by molar-refractivity contribution is -0.161. The summed E-state index contributed by atoms with van der Waals surface area (Å²) in [6.07, 6.45) is 86.6. The molecule has 0 spiro atoms. The fourth-order valence-corrected chi connectivity index (χ4v) is 11.8. The first kappa shape index (κ1) is 94.9. The molecular weight excluding hydrogens is 1290 g/mol. The molecule has 0 aromatic heterocycles. The van der Waals surface area contributed by atoms with Crippen molar-refractivity contribution in [1.82, 2.24) is 0 Å². The summed E-state index contributed by atoms with van der Waals surface area (Å²) in [6, 6.07) is 0. The van der Waals surface area contributed by atoms with Crippen molar-refractivity contribution in [3.63, 3.8) is 0 Å². The fourth-order valence-electron chi connectivity index (χ4n) is 10.3. The number of allylic oxidation sites excluding steroid dienone is 20. The summed E-state index contributed by atoms with van der Waals surface area (Å²) >= 11 is 0. The minimum Gasteiger partial charge on any atom is -0.463 e. The third-order valence-electron chi connectivity index (χ3n) is 16.2. The van der Waals surface area contributed by atoms with Gasteiger partial charge >= 0.3 is 33.6 Å². The normalized spacial score (nSPS) is 14.7. The third kappa shape index (κ3) is 74.9. The molecule has 0 radical (unpaired) electrons. The topological polar surface area (TPSA) is 231 Å². The molecule has 5 atom stereocenters. The number of phosphoric acid groups is 2. The van der Waals surface area contributed by atoms with E-state index in [1.54, 1.807) is 0 Å². The van der Waals surface area contributed by atoms with Gasteiger partial charge in [-0.15, -0.1) is 0 Å². The Balaban J connectivity index is 4.63. The zero-order chi connectivity index (χ0) is 72.3. The van der Waals surface area contributed by atoms with E-state index in [1.165, 1.54) is 116 Å². The number of rotatable bonds is 73. The standard InChI is InChI=1S/C81H140O16P2/c1-4-7-10-13-16-19-22-25-28-30-32-34-36-37-39-41-42-44-47-49-52-55-58-61-64-67-79(84)91-70-76(82)71-93-98(87,88)94-72-77(83)73-95-99(89,90)96-75-78(97-81(86)69-66-63-60-57-54-51-46-27-24-21-18-15-12-9-6-3)74-92-80(85)68-65-62-59-56-53-50-48-45-43-40-38-35-33-31-29-26-23-20-17-14-11-8-5-2/h8,11,16-17,19-20,25-26,28-29,32-35,37,39-40,43,48,50,76-78,82-83H,4-7,9-10,12-15,18,21-24,27,30-31,36,38,41-42,44-47,49,51-75H2,1-3H3,(H,87,88)(H,89,90)/b11-8-,19-16-,20-17-,28-25-,29-26-,34-32-,35-33-,39-37-,43-40-,50-48-. The van der Waals surface area contributed by atoms with Crippen molar-refractivity contribution < 1.29 is 75.8 Å². The van der Waals surface area contributed by atoms with Crippen molar-refractivity contribution in [2.24, 2.45) is 0 Å². The lowest BCUT2D eigenvalue weighted by Gasteiger charge is -2.21. The Bertz CT molecular complexity index is 2290. The summed E-state index contributed by atoms with van der Waals surface area (Å²) in [5, 5.41) is 20.6. The minimum absolute atomic E-state index is 0.0994. The number of esters is 3. The number of hydrogen-bond donors (Lipinski definition) is 4. The second-order valence-electron chi connectivity index (χ2n) is 25.8. The van der Waals surface area contributed by atoms with E-state index in [4.69, 9.17) is 32.3 Å². The highest BCUT2D eigenvalue weighted by molar-refractivity contribution is 7.47. The molecular formula is C81H140O16P2. The Morgan fingerprint density at radius 3 is 0.869 bits per heavy atom. The molecule has 0 heterocycles. The molecule has 0 saturated heterocycles. The molecule has 0 bridgehead atoms. The van der Waals surface area contributed by atoms with Gasteiger partial charge in [-0.05, 0) is 116 Å². The van der Waals surface area contributed by atoms with Crippen molar-refractivity contribution in [2.75, 3.05) is 39.6 Å². The maximum atomic E-state index is 13.0. The van der Waals surface area contributed by atoms with E-state index < -0.39 is 91.5 Å². The van der Waals surface area contributed by atoms with Crippen LogP contribution in [0.5, 0.6) is 0 Å². The Hall–Kier alpha value is -4.05. The highest BCUT2D eigenvalue weighted by Crippen LogP contribution is 2.45. The zero-order valence-corrected chi connectivity index (χ0v) is 63.9. The lowest BCUT2D eigenvalue weighted by atomic mass is 10.0. The minimum atomic E-state index is -4.94. The Morgan fingerprint density at radius 2 is 0.535 bits per heavy atom. The van der Waals surface area contributed by atoms with E-state index in [2.05, 4.69) is 142 Å². The molecule has 0 saturated carbocycles. The van der Waals surface area contributed by atoms with Gasteiger partial charge < -0.3 is 34.2 Å². The van der Waals surface area contributed by atoms with Gasteiger partial charge in [-0.25, -0.2) is 9.13 Å². The quantitative estimate of drug-likeness (QED) is 0.0146. The first-order valence-corrected chi connectivity index (χ1v) is 41.8. The van der Waals surface area contributed by atoms with Gasteiger partial charge in [0.2, 0.25) is 0 Å². The molecule has 570 valence electrons. The van der Waals surface area contributed by atoms with Crippen LogP contribution in [-0.4, -0.2) is 95.9 Å². The van der Waals surface area contributed by atoms with Crippen molar-refractivity contribution in [3.05, 3.63) is 122 Å². The van der Waals surface area contributed by atoms with E-state index in [9.17, 15) is 43.5 Å². The fraction of sp³-hybridized carbons (Fsp3) is 0.716. The largest absolute Gasteiger partial charge is 0.472 e. The summed E-state index contributed by atoms with van der Waals surface area (Å²) in [5.74, 6) is -1.60. The SMILES string of the molecule is CC/C=C\C/C=C\C/C=C\C/C=C\C/C=C\C/C=C\CCCCCCC(=O)OCC(COP(=O)(O)OCC(O)COP(=O)(O)OCC(O)COC(=O)CCCCCCCCCCC/C=C\C/C=C\C/C=C\C/C=C\CCCCC)OC(=O)CCCCCCCCCCCCCCCCC. The third-order valence-corrected chi connectivity index (χ3v) is 18.1. The molecule has 4 N–H and O–H groups in total. The number of carbonyl (C=O) groups excluding carboxylic acids is 3. The Morgan fingerprint density at radius 1 is 0.293 bits per heavy atom. The number of aliphatic hydroxyl groups is 2. The first-order chi connectivity index (χ1) is 48.2. The van der Waals surface area contributed by atoms with E-state index in [0.29, 0.717) is 19.3 Å². The molecule has 5 unspecified atom stereocenters. The molecule has 0 aliphatic carbocycles. The molecule has 0 fully saturated rings. The van der Waals surface area contributed by atoms with Gasteiger partial charge in [0.25, 0.3) is 0 Å². The Kier molecular flexibility index (Phi) is 70.7. The van der Waals surface area contributed by atoms with Crippen LogP contribution in [-0.2, 0) is 55.8 Å². The van der Waals surface area contributed by atoms with Gasteiger partial charge in [-0.3, -0.25) is 32.5 Å². The van der Waals surface area contributed by atoms with Gasteiger partial charge in [-0.1, -0.05) is 303 Å². The molecule has 0 rings (SSSR count). The van der Waals surface area contributed by atoms with Crippen LogP contribution in [0.25, 0.3) is 0 Å². The molecule has 0 aromatic rings. The summed E-state index contributed by atoms with van der Waals surface area (Å²) in [7, 11) is -9.80. The molecule has 16 nitrogen and oxygen atoms in total. The van der Waals surface area contributed by atoms with Gasteiger partial charge in [0, 0.05) is 19.3 Å². The summed E-state index contributed by atoms with van der Waals surface area (Å²) in [6.45, 7) is 2.52. The molecule has 0 aromatic carbocycles. The smallest absolute Gasteiger partial charge is 0.463 e. The van der Waals surface area contributed by atoms with Crippen molar-refractivity contribution in [1.29, 1.82) is 0 Å². The molecule has 99 heavy (non-hydrogen) atoms. The maximum Gasteiger partial charge on any atom is 0.472 e. The van der Waals surface area contributed by atoms with Crippen LogP contribution in [0.2, 0.25) is 0 Å². The van der Waals surface area contributed by atoms with Crippen molar-refractivity contribution >= 4 is 33.6 Å². The number of aliphatic hydroxyl groups excluding tert-OH is 2. The molecule has 0 amide bonds. The van der Waals surface area contributed by atoms with Gasteiger partial charge in [0.1, 0.15) is 25.4 Å². The summed E-state index contributed by atoms with van der Waals surface area (Å²) in [4.78, 5) is 58.6. The summed E-state index contributed by atoms with van der Waals surface area (Å²) in [5.41, 5.74) is 0. The molecule has 0 aliphatic rings. The van der Waals surface area contributed by atoms with Gasteiger partial charge in [0.05, 0.1) is 26.4 Å². The van der Waals surface area contributed by atoms with E-state index in [1.807, 2.05) is 0 Å². The van der Waals surface area contributed by atoms with E-state index in [-0.39, 0.29) is 19.3 Å². The van der Waals surface area contributed by atoms with Crippen LogP contribution >= 0.6 is 15.6 Å². The second kappa shape index (κ2) is 73.7. The average Bonchev–Trinajstić information content (AvgIpc) is 1.84. The van der Waals surface area contributed by atoms with Crippen LogP contribution < -0.4 is 0 Å². The first-order valence-electron chi connectivity index (χ1n) is 38.8. The predicted molar refractivity (Wildman–Crippen MR) is 408 cm³/mol. The Labute approximate surface area is 602 Å². The van der Waals surface area contributed by atoms with E-state index >= 15 is 0 Å². The number of phosphoric ester groups is 2. The molecule has 0 aliphatic heterocycles. The van der Waals surface area contributed by atoms with Crippen molar-refractivity contribution in [2.45, 2.75) is 334 Å². The second-order valence-corrected chi connectivity index (χ2v) is 28.7. The van der Waals surface area contributed by atoms with Gasteiger partial charge in [-0.2, -0.15) is 0 Å².